The van der Waals surface area contributed by atoms with Crippen molar-refractivity contribution in [1.82, 2.24) is 21.3 Å². The third-order valence-corrected chi connectivity index (χ3v) is 4.21. The van der Waals surface area contributed by atoms with Crippen LogP contribution >= 0.6 is 0 Å². The molecule has 0 bridgehead atoms. The number of carbonyl (C=O) groups excluding carboxylic acids is 3. The second-order valence-electron chi connectivity index (χ2n) is 8.98. The Labute approximate surface area is 168 Å². The van der Waals surface area contributed by atoms with Gasteiger partial charge in [0.15, 0.2) is 0 Å². The lowest BCUT2D eigenvalue weighted by Crippen LogP contribution is -2.47. The Balaban J connectivity index is 0.000000696. The Bertz CT molecular complexity index is 567. The van der Waals surface area contributed by atoms with Gasteiger partial charge in [0.05, 0.1) is 18.7 Å². The predicted octanol–water partition coefficient (Wildman–Crippen LogP) is 0.832. The van der Waals surface area contributed by atoms with Crippen molar-refractivity contribution >= 4 is 17.7 Å². The molecule has 2 fully saturated rings. The SMILES string of the molecule is CC(C)(C)C.N#C[C@H](C[C@@H]1CCCNC1=O)NC(=O)CNC(=O)C1CCCN1. The first-order valence-corrected chi connectivity index (χ1v) is 10.1. The van der Waals surface area contributed by atoms with Crippen molar-refractivity contribution < 1.29 is 14.4 Å². The van der Waals surface area contributed by atoms with Gasteiger partial charge in [-0.2, -0.15) is 5.26 Å². The Morgan fingerprint density at radius 3 is 2.39 bits per heavy atom. The Kier molecular flexibility index (Phi) is 9.94. The average Bonchev–Trinajstić information content (AvgIpc) is 3.14. The number of hydrogen-bond acceptors (Lipinski definition) is 5. The summed E-state index contributed by atoms with van der Waals surface area (Å²) < 4.78 is 0. The first-order chi connectivity index (χ1) is 13.1. The summed E-state index contributed by atoms with van der Waals surface area (Å²) in [6, 6.07) is 1.05. The van der Waals surface area contributed by atoms with Gasteiger partial charge >= 0.3 is 0 Å². The molecule has 0 aromatic rings. The lowest BCUT2D eigenvalue weighted by atomic mass is 9.92. The maximum absolute atomic E-state index is 11.9. The van der Waals surface area contributed by atoms with Crippen molar-refractivity contribution in [2.24, 2.45) is 11.3 Å². The second kappa shape index (κ2) is 11.6. The topological polar surface area (TPSA) is 123 Å². The summed E-state index contributed by atoms with van der Waals surface area (Å²) in [4.78, 5) is 35.3. The van der Waals surface area contributed by atoms with Crippen molar-refractivity contribution in [3.8, 4) is 6.07 Å². The highest BCUT2D eigenvalue weighted by Crippen LogP contribution is 2.17. The fraction of sp³-hybridized carbons (Fsp3) is 0.800. The molecule has 2 heterocycles. The van der Waals surface area contributed by atoms with E-state index in [1.807, 2.05) is 6.07 Å². The summed E-state index contributed by atoms with van der Waals surface area (Å²) >= 11 is 0. The zero-order chi connectivity index (χ0) is 21.2. The van der Waals surface area contributed by atoms with Crippen molar-refractivity contribution in [3.05, 3.63) is 0 Å². The monoisotopic (exact) mass is 393 g/mol. The van der Waals surface area contributed by atoms with Crippen LogP contribution in [0, 0.1) is 22.7 Å². The van der Waals surface area contributed by atoms with Crippen LogP contribution in [0.5, 0.6) is 0 Å². The lowest BCUT2D eigenvalue weighted by molar-refractivity contribution is -0.128. The standard InChI is InChI=1S/C15H23N5O3.C5H12/c16-8-11(7-10-3-1-6-18-14(10)22)20-13(21)9-19-15(23)12-4-2-5-17-12;1-5(2,3)4/h10-12,17H,1-7,9H2,(H,18,22)(H,19,23)(H,20,21);1-4H3/t10-,11-,12?;/m0./s1. The molecule has 4 N–H and O–H groups in total. The van der Waals surface area contributed by atoms with Gasteiger partial charge in [-0.3, -0.25) is 14.4 Å². The molecule has 28 heavy (non-hydrogen) atoms. The van der Waals surface area contributed by atoms with Gasteiger partial charge in [-0.05, 0) is 44.1 Å². The molecule has 0 aliphatic carbocycles. The molecule has 0 saturated carbocycles. The van der Waals surface area contributed by atoms with Crippen LogP contribution in [0.25, 0.3) is 0 Å². The van der Waals surface area contributed by atoms with E-state index in [2.05, 4.69) is 49.0 Å². The molecule has 0 spiro atoms. The van der Waals surface area contributed by atoms with Crippen LogP contribution in [0.4, 0.5) is 0 Å². The molecule has 0 aromatic heterocycles. The number of nitriles is 1. The first-order valence-electron chi connectivity index (χ1n) is 10.1. The van der Waals surface area contributed by atoms with Crippen molar-refractivity contribution in [1.29, 1.82) is 5.26 Å². The molecule has 2 aliphatic heterocycles. The molecule has 3 amide bonds. The fourth-order valence-corrected chi connectivity index (χ4v) is 2.93. The summed E-state index contributed by atoms with van der Waals surface area (Å²) in [6.45, 7) is 10.1. The molecule has 8 heteroatoms. The van der Waals surface area contributed by atoms with Gasteiger partial charge in [-0.25, -0.2) is 0 Å². The van der Waals surface area contributed by atoms with Gasteiger partial charge in [0.25, 0.3) is 0 Å². The van der Waals surface area contributed by atoms with Gasteiger partial charge < -0.3 is 21.3 Å². The van der Waals surface area contributed by atoms with E-state index in [0.717, 1.165) is 32.2 Å². The van der Waals surface area contributed by atoms with Gasteiger partial charge in [0, 0.05) is 12.5 Å². The highest BCUT2D eigenvalue weighted by atomic mass is 16.2. The molecule has 2 aliphatic rings. The van der Waals surface area contributed by atoms with Crippen LogP contribution in [0.15, 0.2) is 0 Å². The van der Waals surface area contributed by atoms with Gasteiger partial charge in [-0.15, -0.1) is 0 Å². The van der Waals surface area contributed by atoms with Gasteiger partial charge in [0.1, 0.15) is 6.04 Å². The van der Waals surface area contributed by atoms with Gasteiger partial charge in [-0.1, -0.05) is 27.7 Å². The average molecular weight is 394 g/mol. The normalized spacial score (nSPS) is 22.8. The quantitative estimate of drug-likeness (QED) is 0.532. The maximum Gasteiger partial charge on any atom is 0.240 e. The molecule has 1 unspecified atom stereocenters. The number of rotatable bonds is 6. The van der Waals surface area contributed by atoms with E-state index >= 15 is 0 Å². The summed E-state index contributed by atoms with van der Waals surface area (Å²) in [5, 5.41) is 20.1. The Hall–Kier alpha value is -2.14. The van der Waals surface area contributed by atoms with E-state index < -0.39 is 11.9 Å². The highest BCUT2D eigenvalue weighted by molar-refractivity contribution is 5.87. The minimum atomic E-state index is -0.724. The first kappa shape index (κ1) is 23.9. The molecular formula is C20H35N5O3. The van der Waals surface area contributed by atoms with E-state index in [0.29, 0.717) is 18.4 Å². The summed E-state index contributed by atoms with van der Waals surface area (Å²) in [7, 11) is 0. The van der Waals surface area contributed by atoms with E-state index in [-0.39, 0.29) is 30.3 Å². The van der Waals surface area contributed by atoms with E-state index in [1.165, 1.54) is 0 Å². The number of amides is 3. The van der Waals surface area contributed by atoms with E-state index in [9.17, 15) is 14.4 Å². The summed E-state index contributed by atoms with van der Waals surface area (Å²) in [5.41, 5.74) is 0.500. The van der Waals surface area contributed by atoms with E-state index in [1.54, 1.807) is 0 Å². The minimum Gasteiger partial charge on any atom is -0.356 e. The molecule has 0 radical (unpaired) electrons. The second-order valence-corrected chi connectivity index (χ2v) is 8.98. The third-order valence-electron chi connectivity index (χ3n) is 4.21. The van der Waals surface area contributed by atoms with Crippen LogP contribution in [0.3, 0.4) is 0 Å². The zero-order valence-corrected chi connectivity index (χ0v) is 17.6. The van der Waals surface area contributed by atoms with Crippen LogP contribution in [0.1, 0.15) is 59.8 Å². The van der Waals surface area contributed by atoms with Crippen molar-refractivity contribution in [3.63, 3.8) is 0 Å². The number of carbonyl (C=O) groups is 3. The Morgan fingerprint density at radius 1 is 1.21 bits per heavy atom. The molecule has 8 nitrogen and oxygen atoms in total. The van der Waals surface area contributed by atoms with Crippen LogP contribution < -0.4 is 21.3 Å². The molecule has 158 valence electrons. The van der Waals surface area contributed by atoms with Crippen LogP contribution in [-0.2, 0) is 14.4 Å². The summed E-state index contributed by atoms with van der Waals surface area (Å²) in [5.74, 6) is -0.922. The van der Waals surface area contributed by atoms with Crippen LogP contribution in [-0.4, -0.2) is 49.4 Å². The third kappa shape index (κ3) is 10.3. The zero-order valence-electron chi connectivity index (χ0n) is 17.6. The van der Waals surface area contributed by atoms with Gasteiger partial charge in [0.2, 0.25) is 17.7 Å². The lowest BCUT2D eigenvalue weighted by Gasteiger charge is -2.23. The predicted molar refractivity (Wildman–Crippen MR) is 107 cm³/mol. The van der Waals surface area contributed by atoms with Crippen LogP contribution in [0.2, 0.25) is 0 Å². The number of piperidine rings is 1. The molecular weight excluding hydrogens is 358 g/mol. The minimum absolute atomic E-state index is 0.0636. The fourth-order valence-electron chi connectivity index (χ4n) is 2.93. The van der Waals surface area contributed by atoms with Crippen molar-refractivity contribution in [2.75, 3.05) is 19.6 Å². The number of hydrogen-bond donors (Lipinski definition) is 4. The van der Waals surface area contributed by atoms with Crippen molar-refractivity contribution in [2.45, 2.75) is 71.9 Å². The maximum atomic E-state index is 11.9. The van der Waals surface area contributed by atoms with E-state index in [4.69, 9.17) is 5.26 Å². The molecule has 2 rings (SSSR count). The number of nitrogens with zero attached hydrogens (tertiary/aromatic N) is 1. The highest BCUT2D eigenvalue weighted by Gasteiger charge is 2.27. The molecule has 0 aromatic carbocycles. The summed E-state index contributed by atoms with van der Waals surface area (Å²) in [6.07, 6.45) is 3.62. The number of nitrogens with one attached hydrogen (secondary N) is 4. The Morgan fingerprint density at radius 2 is 1.86 bits per heavy atom. The largest absolute Gasteiger partial charge is 0.356 e. The molecule has 3 atom stereocenters. The smallest absolute Gasteiger partial charge is 0.240 e. The molecule has 2 saturated heterocycles.